The van der Waals surface area contributed by atoms with Gasteiger partial charge in [-0.1, -0.05) is 6.07 Å². The Morgan fingerprint density at radius 1 is 1.27 bits per heavy atom. The molecule has 2 N–H and O–H groups in total. The summed E-state index contributed by atoms with van der Waals surface area (Å²) < 4.78 is 9.30. The summed E-state index contributed by atoms with van der Waals surface area (Å²) in [6, 6.07) is 4.95. The van der Waals surface area contributed by atoms with Crippen LogP contribution < -0.4 is 11.6 Å². The van der Waals surface area contributed by atoms with Gasteiger partial charge in [0, 0.05) is 0 Å². The van der Waals surface area contributed by atoms with E-state index in [4.69, 9.17) is 5.73 Å². The maximum Gasteiger partial charge on any atom is 0.519 e. The first kappa shape index (κ1) is 6.03. The predicted molar refractivity (Wildman–Crippen MR) is 39.2 cm³/mol. The molecule has 4 heteroatoms. The Morgan fingerprint density at radius 3 is 2.82 bits per heavy atom. The third kappa shape index (κ3) is 0.797. The molecule has 0 aliphatic rings. The van der Waals surface area contributed by atoms with Crippen LogP contribution in [0.3, 0.4) is 0 Å². The van der Waals surface area contributed by atoms with E-state index in [0.29, 0.717) is 16.9 Å². The van der Waals surface area contributed by atoms with E-state index in [9.17, 15) is 4.79 Å². The summed E-state index contributed by atoms with van der Waals surface area (Å²) in [6.45, 7) is 0. The van der Waals surface area contributed by atoms with Crippen LogP contribution in [0.15, 0.2) is 31.8 Å². The summed E-state index contributed by atoms with van der Waals surface area (Å²) in [5.74, 6) is -0.724. The summed E-state index contributed by atoms with van der Waals surface area (Å²) in [4.78, 5) is 10.6. The predicted octanol–water partition coefficient (Wildman–Crippen LogP) is 0.968. The number of anilines is 1. The third-order valence-electron chi connectivity index (χ3n) is 1.39. The monoisotopic (exact) mass is 151 g/mol. The third-order valence-corrected chi connectivity index (χ3v) is 1.39. The topological polar surface area (TPSA) is 69.4 Å². The number of hydrogen-bond donors (Lipinski definition) is 1. The molecule has 0 bridgehead atoms. The Kier molecular flexibility index (Phi) is 1.03. The number of nitrogens with two attached hydrogens (primary N) is 1. The Labute approximate surface area is 61.2 Å². The Balaban J connectivity index is 3.01. The number of fused-ring (bicyclic) bond motifs is 1. The van der Waals surface area contributed by atoms with Crippen LogP contribution in [0, 0.1) is 0 Å². The van der Waals surface area contributed by atoms with Gasteiger partial charge in [0.25, 0.3) is 0 Å². The molecule has 2 rings (SSSR count). The second kappa shape index (κ2) is 1.88. The van der Waals surface area contributed by atoms with Crippen LogP contribution in [0.1, 0.15) is 0 Å². The van der Waals surface area contributed by atoms with Gasteiger partial charge >= 0.3 is 5.82 Å². The minimum atomic E-state index is -0.724. The van der Waals surface area contributed by atoms with Gasteiger partial charge in [-0.05, 0) is 12.1 Å². The number of benzene rings is 1. The van der Waals surface area contributed by atoms with Gasteiger partial charge in [0.15, 0.2) is 11.2 Å². The Morgan fingerprint density at radius 2 is 2.09 bits per heavy atom. The van der Waals surface area contributed by atoms with Crippen LogP contribution in [0.5, 0.6) is 0 Å². The van der Waals surface area contributed by atoms with Crippen LogP contribution in [-0.4, -0.2) is 0 Å². The summed E-state index contributed by atoms with van der Waals surface area (Å²) >= 11 is 0. The van der Waals surface area contributed by atoms with Gasteiger partial charge in [-0.25, -0.2) is 4.79 Å². The van der Waals surface area contributed by atoms with Crippen molar-refractivity contribution in [3.63, 3.8) is 0 Å². The number of para-hydroxylation sites is 1. The first-order chi connectivity index (χ1) is 5.27. The van der Waals surface area contributed by atoms with Crippen molar-refractivity contribution in [2.45, 2.75) is 0 Å². The van der Waals surface area contributed by atoms with Crippen LogP contribution in [0.2, 0.25) is 0 Å². The molecule has 0 unspecified atom stereocenters. The zero-order valence-corrected chi connectivity index (χ0v) is 5.53. The van der Waals surface area contributed by atoms with Crippen molar-refractivity contribution in [1.82, 2.24) is 0 Å². The van der Waals surface area contributed by atoms with E-state index in [1.807, 2.05) is 0 Å². The van der Waals surface area contributed by atoms with Gasteiger partial charge in [0.1, 0.15) is 0 Å². The van der Waals surface area contributed by atoms with Crippen LogP contribution in [0.25, 0.3) is 11.2 Å². The molecule has 4 nitrogen and oxygen atoms in total. The molecule has 0 spiro atoms. The molecule has 0 fully saturated rings. The largest absolute Gasteiger partial charge is 0.519 e. The van der Waals surface area contributed by atoms with Crippen molar-refractivity contribution < 1.29 is 8.83 Å². The van der Waals surface area contributed by atoms with E-state index in [2.05, 4.69) is 8.83 Å². The molecule has 0 atom stereocenters. The smallest absolute Gasteiger partial charge is 0.396 e. The summed E-state index contributed by atoms with van der Waals surface area (Å²) in [7, 11) is 0. The van der Waals surface area contributed by atoms with Crippen LogP contribution >= 0.6 is 0 Å². The first-order valence-electron chi connectivity index (χ1n) is 3.05. The molecule has 11 heavy (non-hydrogen) atoms. The molecule has 0 saturated carbocycles. The average molecular weight is 151 g/mol. The van der Waals surface area contributed by atoms with Crippen molar-refractivity contribution in [2.75, 3.05) is 5.73 Å². The molecule has 1 aromatic heterocycles. The van der Waals surface area contributed by atoms with Crippen LogP contribution in [0.4, 0.5) is 5.69 Å². The van der Waals surface area contributed by atoms with E-state index < -0.39 is 5.82 Å². The molecular weight excluding hydrogens is 146 g/mol. The van der Waals surface area contributed by atoms with Crippen LogP contribution in [-0.2, 0) is 0 Å². The Hall–Kier alpha value is -1.71. The molecular formula is C7H5NO3. The van der Waals surface area contributed by atoms with Crippen molar-refractivity contribution >= 4 is 16.9 Å². The van der Waals surface area contributed by atoms with E-state index in [1.54, 1.807) is 18.2 Å². The quantitative estimate of drug-likeness (QED) is 0.569. The maximum absolute atomic E-state index is 10.6. The standard InChI is InChI=1S/C7H5NO3/c8-4-2-1-3-5-6(4)11-7(9)10-5/h1-3H,8H2. The molecule has 1 heterocycles. The lowest BCUT2D eigenvalue weighted by Crippen LogP contribution is -1.85. The van der Waals surface area contributed by atoms with E-state index in [1.165, 1.54) is 0 Å². The minimum Gasteiger partial charge on any atom is -0.396 e. The zero-order valence-electron chi connectivity index (χ0n) is 5.53. The molecule has 0 aliphatic carbocycles. The fourth-order valence-corrected chi connectivity index (χ4v) is 0.916. The summed E-state index contributed by atoms with van der Waals surface area (Å²) in [5, 5.41) is 0. The zero-order chi connectivity index (χ0) is 7.84. The van der Waals surface area contributed by atoms with Gasteiger partial charge in [0.05, 0.1) is 5.69 Å². The van der Waals surface area contributed by atoms with Crippen molar-refractivity contribution in [1.29, 1.82) is 0 Å². The number of rotatable bonds is 0. The SMILES string of the molecule is Nc1cccc2oc(=O)oc12. The summed E-state index contributed by atoms with van der Waals surface area (Å²) in [5.41, 5.74) is 6.59. The van der Waals surface area contributed by atoms with Gasteiger partial charge in [-0.2, -0.15) is 0 Å². The molecule has 0 amide bonds. The highest BCUT2D eigenvalue weighted by Crippen LogP contribution is 2.18. The molecule has 56 valence electrons. The first-order valence-corrected chi connectivity index (χ1v) is 3.05. The van der Waals surface area contributed by atoms with Gasteiger partial charge < -0.3 is 14.6 Å². The minimum absolute atomic E-state index is 0.317. The molecule has 0 aliphatic heterocycles. The summed E-state index contributed by atoms with van der Waals surface area (Å²) in [6.07, 6.45) is 0. The molecule has 0 radical (unpaired) electrons. The van der Waals surface area contributed by atoms with E-state index in [-0.39, 0.29) is 0 Å². The van der Waals surface area contributed by atoms with E-state index >= 15 is 0 Å². The number of nitrogen functional groups attached to an aromatic ring is 1. The molecule has 1 aromatic carbocycles. The highest BCUT2D eigenvalue weighted by Gasteiger charge is 2.04. The normalized spacial score (nSPS) is 10.5. The average Bonchev–Trinajstić information content (AvgIpc) is 2.31. The number of hydrogen-bond acceptors (Lipinski definition) is 4. The van der Waals surface area contributed by atoms with Crippen molar-refractivity contribution in [3.05, 3.63) is 28.8 Å². The highest BCUT2D eigenvalue weighted by molar-refractivity contribution is 5.82. The van der Waals surface area contributed by atoms with Gasteiger partial charge in [-0.3, -0.25) is 0 Å². The van der Waals surface area contributed by atoms with E-state index in [0.717, 1.165) is 0 Å². The molecule has 2 aromatic rings. The van der Waals surface area contributed by atoms with Crippen molar-refractivity contribution in [2.24, 2.45) is 0 Å². The lowest BCUT2D eigenvalue weighted by Gasteiger charge is -1.87. The second-order valence-electron chi connectivity index (χ2n) is 2.13. The Bertz CT molecular complexity index is 440. The lowest BCUT2D eigenvalue weighted by atomic mass is 10.3. The fraction of sp³-hybridized carbons (Fsp3) is 0. The lowest BCUT2D eigenvalue weighted by molar-refractivity contribution is 0.409. The fourth-order valence-electron chi connectivity index (χ4n) is 0.916. The maximum atomic E-state index is 10.6. The van der Waals surface area contributed by atoms with Crippen molar-refractivity contribution in [3.8, 4) is 0 Å². The highest BCUT2D eigenvalue weighted by atomic mass is 16.6. The van der Waals surface area contributed by atoms with Gasteiger partial charge in [-0.15, -0.1) is 0 Å². The second-order valence-corrected chi connectivity index (χ2v) is 2.13. The van der Waals surface area contributed by atoms with Gasteiger partial charge in [0.2, 0.25) is 0 Å². The molecule has 0 saturated heterocycles.